The highest BCUT2D eigenvalue weighted by Crippen LogP contribution is 2.12. The Bertz CT molecular complexity index is 112. The van der Waals surface area contributed by atoms with Crippen LogP contribution in [0, 0.1) is 5.92 Å². The Kier molecular flexibility index (Phi) is 6.63. The molecule has 0 saturated carbocycles. The van der Waals surface area contributed by atoms with Crippen molar-refractivity contribution in [3.8, 4) is 0 Å². The van der Waals surface area contributed by atoms with Gasteiger partial charge in [-0.15, -0.1) is 0 Å². The molecule has 0 N–H and O–H groups in total. The number of halogens is 1. The maximum atomic E-state index is 10.3. The van der Waals surface area contributed by atoms with Gasteiger partial charge in [-0.3, -0.25) is 4.79 Å². The summed E-state index contributed by atoms with van der Waals surface area (Å²) in [6.07, 6.45) is 5.08. The largest absolute Gasteiger partial charge is 0.281 e. The van der Waals surface area contributed by atoms with Crippen LogP contribution in [0.4, 0.5) is 0 Å². The van der Waals surface area contributed by atoms with Crippen molar-refractivity contribution in [3.63, 3.8) is 0 Å². The van der Waals surface area contributed by atoms with Crippen molar-refractivity contribution in [3.05, 3.63) is 0 Å². The molecule has 0 amide bonds. The van der Waals surface area contributed by atoms with Crippen LogP contribution in [0.25, 0.3) is 0 Å². The summed E-state index contributed by atoms with van der Waals surface area (Å²) in [5.41, 5.74) is 0. The van der Waals surface area contributed by atoms with E-state index in [1.807, 2.05) is 0 Å². The third-order valence-electron chi connectivity index (χ3n) is 2.02. The Morgan fingerprint density at radius 1 is 1.45 bits per heavy atom. The standard InChI is InChI=1S/C9H17ClO/c1-3-8(2)6-4-5-7-9(10)11/h8H,3-7H2,1-2H3. The van der Waals surface area contributed by atoms with Gasteiger partial charge in [0.25, 0.3) is 0 Å². The molecule has 0 aliphatic carbocycles. The van der Waals surface area contributed by atoms with E-state index < -0.39 is 0 Å². The lowest BCUT2D eigenvalue weighted by atomic mass is 10.0. The Morgan fingerprint density at radius 2 is 2.09 bits per heavy atom. The molecular weight excluding hydrogens is 160 g/mol. The predicted octanol–water partition coefficient (Wildman–Crippen LogP) is 3.36. The second-order valence-corrected chi connectivity index (χ2v) is 3.54. The van der Waals surface area contributed by atoms with Crippen LogP contribution in [0.3, 0.4) is 0 Å². The predicted molar refractivity (Wildman–Crippen MR) is 48.8 cm³/mol. The minimum atomic E-state index is -0.200. The summed E-state index contributed by atoms with van der Waals surface area (Å²) < 4.78 is 0. The van der Waals surface area contributed by atoms with Gasteiger partial charge < -0.3 is 0 Å². The quantitative estimate of drug-likeness (QED) is 0.448. The average molecular weight is 177 g/mol. The van der Waals surface area contributed by atoms with Crippen molar-refractivity contribution < 1.29 is 4.79 Å². The molecule has 0 heterocycles. The minimum Gasteiger partial charge on any atom is -0.281 e. The van der Waals surface area contributed by atoms with Gasteiger partial charge in [-0.25, -0.2) is 0 Å². The molecule has 11 heavy (non-hydrogen) atoms. The van der Waals surface area contributed by atoms with E-state index in [2.05, 4.69) is 13.8 Å². The maximum absolute atomic E-state index is 10.3. The van der Waals surface area contributed by atoms with E-state index in [1.165, 1.54) is 12.8 Å². The highest BCUT2D eigenvalue weighted by atomic mass is 35.5. The van der Waals surface area contributed by atoms with E-state index in [1.54, 1.807) is 0 Å². The highest BCUT2D eigenvalue weighted by Gasteiger charge is 1.99. The van der Waals surface area contributed by atoms with Crippen LogP contribution in [0.2, 0.25) is 0 Å². The van der Waals surface area contributed by atoms with Crippen molar-refractivity contribution in [1.29, 1.82) is 0 Å². The first kappa shape index (κ1) is 11.0. The second-order valence-electron chi connectivity index (χ2n) is 3.11. The summed E-state index contributed by atoms with van der Waals surface area (Å²) in [6, 6.07) is 0. The third kappa shape index (κ3) is 7.86. The second kappa shape index (κ2) is 6.66. The van der Waals surface area contributed by atoms with Crippen molar-refractivity contribution in [2.75, 3.05) is 0 Å². The fourth-order valence-corrected chi connectivity index (χ4v) is 1.09. The molecule has 0 aromatic carbocycles. The molecule has 0 bridgehead atoms. The van der Waals surface area contributed by atoms with Gasteiger partial charge in [-0.05, 0) is 23.9 Å². The van der Waals surface area contributed by atoms with Crippen molar-refractivity contribution in [2.24, 2.45) is 5.92 Å². The molecule has 0 fully saturated rings. The number of unbranched alkanes of at least 4 members (excludes halogenated alkanes) is 1. The van der Waals surface area contributed by atoms with Crippen LogP contribution in [0.1, 0.15) is 46.0 Å². The monoisotopic (exact) mass is 176 g/mol. The smallest absolute Gasteiger partial charge is 0.221 e. The summed E-state index contributed by atoms with van der Waals surface area (Å²) in [4.78, 5) is 10.3. The zero-order valence-electron chi connectivity index (χ0n) is 7.40. The molecule has 0 spiro atoms. The lowest BCUT2D eigenvalue weighted by molar-refractivity contribution is -0.111. The van der Waals surface area contributed by atoms with E-state index in [4.69, 9.17) is 11.6 Å². The summed E-state index contributed by atoms with van der Waals surface area (Å²) in [6.45, 7) is 4.43. The van der Waals surface area contributed by atoms with Gasteiger partial charge in [0.2, 0.25) is 5.24 Å². The van der Waals surface area contributed by atoms with E-state index in [0.717, 1.165) is 18.8 Å². The van der Waals surface area contributed by atoms with Gasteiger partial charge in [0.05, 0.1) is 0 Å². The first-order valence-corrected chi connectivity index (χ1v) is 4.73. The molecule has 0 rings (SSSR count). The Balaban J connectivity index is 3.08. The normalized spacial score (nSPS) is 13.0. The van der Waals surface area contributed by atoms with E-state index in [0.29, 0.717) is 6.42 Å². The number of hydrogen-bond donors (Lipinski definition) is 0. The van der Waals surface area contributed by atoms with Crippen molar-refractivity contribution >= 4 is 16.8 Å². The zero-order valence-corrected chi connectivity index (χ0v) is 8.16. The summed E-state index contributed by atoms with van der Waals surface area (Å²) in [7, 11) is 0. The zero-order chi connectivity index (χ0) is 8.69. The van der Waals surface area contributed by atoms with Crippen LogP contribution in [0.15, 0.2) is 0 Å². The van der Waals surface area contributed by atoms with Crippen molar-refractivity contribution in [2.45, 2.75) is 46.0 Å². The van der Waals surface area contributed by atoms with Gasteiger partial charge >= 0.3 is 0 Å². The van der Waals surface area contributed by atoms with Gasteiger partial charge in [0.15, 0.2) is 0 Å². The van der Waals surface area contributed by atoms with E-state index >= 15 is 0 Å². The molecule has 0 aromatic rings. The molecule has 1 nitrogen and oxygen atoms in total. The van der Waals surface area contributed by atoms with Crippen LogP contribution >= 0.6 is 11.6 Å². The molecule has 1 atom stereocenters. The Morgan fingerprint density at radius 3 is 2.55 bits per heavy atom. The number of carbonyl (C=O) groups excluding carboxylic acids is 1. The minimum absolute atomic E-state index is 0.200. The van der Waals surface area contributed by atoms with Crippen LogP contribution in [-0.4, -0.2) is 5.24 Å². The summed E-state index contributed by atoms with van der Waals surface area (Å²) in [5.74, 6) is 0.792. The Labute approximate surface area is 74.1 Å². The fraction of sp³-hybridized carbons (Fsp3) is 0.889. The Hall–Kier alpha value is -0.0400. The average Bonchev–Trinajstić information content (AvgIpc) is 1.97. The van der Waals surface area contributed by atoms with Crippen LogP contribution in [0.5, 0.6) is 0 Å². The third-order valence-corrected chi connectivity index (χ3v) is 2.21. The highest BCUT2D eigenvalue weighted by molar-refractivity contribution is 6.63. The molecule has 66 valence electrons. The van der Waals surface area contributed by atoms with Crippen LogP contribution in [-0.2, 0) is 4.79 Å². The first-order chi connectivity index (χ1) is 5.16. The molecular formula is C9H17ClO. The molecule has 0 radical (unpaired) electrons. The van der Waals surface area contributed by atoms with E-state index in [9.17, 15) is 4.79 Å². The summed E-state index contributed by atoms with van der Waals surface area (Å²) in [5, 5.41) is -0.200. The number of carbonyl (C=O) groups is 1. The van der Waals surface area contributed by atoms with Gasteiger partial charge in [0.1, 0.15) is 0 Å². The fourth-order valence-electron chi connectivity index (χ4n) is 0.961. The van der Waals surface area contributed by atoms with Crippen molar-refractivity contribution in [1.82, 2.24) is 0 Å². The number of hydrogen-bond acceptors (Lipinski definition) is 1. The molecule has 0 aromatic heterocycles. The first-order valence-electron chi connectivity index (χ1n) is 4.35. The summed E-state index contributed by atoms with van der Waals surface area (Å²) >= 11 is 5.19. The van der Waals surface area contributed by atoms with E-state index in [-0.39, 0.29) is 5.24 Å². The lowest BCUT2D eigenvalue weighted by Crippen LogP contribution is -1.93. The molecule has 0 saturated heterocycles. The maximum Gasteiger partial charge on any atom is 0.221 e. The molecule has 0 aliphatic heterocycles. The van der Waals surface area contributed by atoms with Gasteiger partial charge in [-0.2, -0.15) is 0 Å². The van der Waals surface area contributed by atoms with Gasteiger partial charge in [-0.1, -0.05) is 33.1 Å². The molecule has 1 unspecified atom stereocenters. The molecule has 2 heteroatoms. The molecule has 0 aliphatic rings. The number of rotatable bonds is 6. The van der Waals surface area contributed by atoms with Gasteiger partial charge in [0, 0.05) is 6.42 Å². The lowest BCUT2D eigenvalue weighted by Gasteiger charge is -2.05. The SMILES string of the molecule is CCC(C)CCCCC(=O)Cl. The van der Waals surface area contributed by atoms with Crippen LogP contribution < -0.4 is 0 Å². The topological polar surface area (TPSA) is 17.1 Å².